The van der Waals surface area contributed by atoms with E-state index in [9.17, 15) is 26.3 Å². The van der Waals surface area contributed by atoms with Crippen molar-refractivity contribution in [1.29, 1.82) is 0 Å². The summed E-state index contributed by atoms with van der Waals surface area (Å²) in [6.45, 7) is 9.19. The molecule has 5 aromatic rings. The van der Waals surface area contributed by atoms with E-state index in [2.05, 4.69) is 94.5 Å². The summed E-state index contributed by atoms with van der Waals surface area (Å²) in [6, 6.07) is 21.1. The molecule has 9 heteroatoms. The Balaban J connectivity index is 0.000000198. The van der Waals surface area contributed by atoms with Crippen LogP contribution in [0, 0.1) is 6.08 Å². The van der Waals surface area contributed by atoms with Gasteiger partial charge in [-0.2, -0.15) is 6.08 Å². The fourth-order valence-corrected chi connectivity index (χ4v) is 7.28. The number of allylic oxidation sites excluding steroid dienone is 6. The van der Waals surface area contributed by atoms with E-state index in [1.165, 1.54) is 68.1 Å². The van der Waals surface area contributed by atoms with Gasteiger partial charge >= 0.3 is 137 Å². The van der Waals surface area contributed by atoms with Crippen LogP contribution in [0.5, 0.6) is 0 Å². The second-order valence-electron chi connectivity index (χ2n) is 13.8. The smallest absolute Gasteiger partial charge is 0.109 e. The van der Waals surface area contributed by atoms with E-state index < -0.39 is 23.5 Å². The van der Waals surface area contributed by atoms with Crippen molar-refractivity contribution in [3.05, 3.63) is 160 Å². The molecule has 0 atom stereocenters. The summed E-state index contributed by atoms with van der Waals surface area (Å²) >= 11 is 0.898. The molecule has 0 bridgehead atoms. The third-order valence-corrected chi connectivity index (χ3v) is 10.8. The summed E-state index contributed by atoms with van der Waals surface area (Å²) in [4.78, 5) is 0. The van der Waals surface area contributed by atoms with E-state index in [0.717, 1.165) is 54.9 Å². The molecule has 0 aliphatic heterocycles. The molecule has 0 heterocycles. The van der Waals surface area contributed by atoms with Gasteiger partial charge in [-0.15, -0.1) is 46.2 Å². The van der Waals surface area contributed by atoms with Crippen LogP contribution in [-0.4, -0.2) is 3.21 Å². The Kier molecular flexibility index (Phi) is 12.4. The molecule has 3 aliphatic carbocycles. The number of hydrogen-bond donors (Lipinski definition) is 0. The van der Waals surface area contributed by atoms with Gasteiger partial charge in [0.05, 0.1) is 0 Å². The molecule has 8 rings (SSSR count). The van der Waals surface area contributed by atoms with Gasteiger partial charge in [0.2, 0.25) is 0 Å². The van der Waals surface area contributed by atoms with E-state index >= 15 is 0 Å². The molecule has 0 N–H and O–H groups in total. The first-order valence-electron chi connectivity index (χ1n) is 16.2. The van der Waals surface area contributed by atoms with Gasteiger partial charge in [-0.3, -0.25) is 6.08 Å². The zero-order valence-electron chi connectivity index (χ0n) is 28.8. The predicted molar refractivity (Wildman–Crippen MR) is 189 cm³/mol. The number of hydrogen-bond acceptors (Lipinski definition) is 0. The molecule has 3 aliphatic rings. The van der Waals surface area contributed by atoms with Crippen molar-refractivity contribution in [1.82, 2.24) is 0 Å². The van der Waals surface area contributed by atoms with Crippen molar-refractivity contribution in [3.63, 3.8) is 0 Å². The van der Waals surface area contributed by atoms with E-state index in [0.29, 0.717) is 14.3 Å². The quantitative estimate of drug-likeness (QED) is 0.142. The van der Waals surface area contributed by atoms with Crippen molar-refractivity contribution in [3.8, 4) is 0 Å². The Labute approximate surface area is 327 Å². The van der Waals surface area contributed by atoms with Crippen molar-refractivity contribution in [2.45, 2.75) is 57.3 Å². The zero-order valence-corrected chi connectivity index (χ0v) is 32.7. The third kappa shape index (κ3) is 8.70. The van der Waals surface area contributed by atoms with Gasteiger partial charge < -0.3 is 24.8 Å². The minimum atomic E-state index is -4.41. The molecule has 0 spiro atoms. The Hall–Kier alpha value is -3.38. The Morgan fingerprint density at radius 2 is 1.06 bits per heavy atom. The molecular weight excluding hydrogens is 793 g/mol. The maximum absolute atomic E-state index is 12.5. The van der Waals surface area contributed by atoms with E-state index in [-0.39, 0.29) is 35.6 Å². The zero-order chi connectivity index (χ0) is 36.1. The topological polar surface area (TPSA) is 0 Å². The number of benzene rings is 4. The molecule has 0 aromatic heterocycles. The molecular formula is C43H34Cl2F6Zr-2. The Bertz CT molecular complexity index is 2060. The van der Waals surface area contributed by atoms with E-state index in [4.69, 9.17) is 0 Å². The first kappa shape index (κ1) is 41.4. The molecule has 0 unspecified atom stereocenters. The van der Waals surface area contributed by atoms with Crippen LogP contribution in [0.4, 0.5) is 26.3 Å². The van der Waals surface area contributed by atoms with Crippen molar-refractivity contribution in [2.24, 2.45) is 0 Å². The van der Waals surface area contributed by atoms with Crippen LogP contribution in [0.2, 0.25) is 0 Å². The van der Waals surface area contributed by atoms with Gasteiger partial charge in [-0.1, -0.05) is 75.3 Å². The maximum Gasteiger partial charge on any atom is -0.109 e. The summed E-state index contributed by atoms with van der Waals surface area (Å²) in [6.07, 6.45) is 10.4. The van der Waals surface area contributed by atoms with Gasteiger partial charge in [-0.05, 0) is 11.1 Å². The number of rotatable bonds is 2. The molecule has 0 saturated carbocycles. The molecule has 52 heavy (non-hydrogen) atoms. The molecule has 0 nitrogen and oxygen atoms in total. The summed E-state index contributed by atoms with van der Waals surface area (Å²) < 4.78 is 75.6. The SMILES string of the molecule is CC1(C)C=Cc2cc3c(cc21)[cH-]c1cc2c(cc13)C=CC2(C)C.FC(F)(F)c1ccc([C](=[Zr+2])c2ccc(C(F)(F)F)cc2)cc1.[C-]1=CC=CC1.[Cl-].[Cl-]. The van der Waals surface area contributed by atoms with Crippen LogP contribution in [0.3, 0.4) is 0 Å². The van der Waals surface area contributed by atoms with Crippen LogP contribution in [0.15, 0.2) is 109 Å². The summed E-state index contributed by atoms with van der Waals surface area (Å²) in [7, 11) is 0. The van der Waals surface area contributed by atoms with Gasteiger partial charge in [0.15, 0.2) is 0 Å². The summed E-state index contributed by atoms with van der Waals surface area (Å²) in [5, 5.41) is 5.53. The second-order valence-corrected chi connectivity index (χ2v) is 15.1. The second kappa shape index (κ2) is 15.5. The normalized spacial score (nSPS) is 15.6. The minimum Gasteiger partial charge on any atom is -1.00 e. The van der Waals surface area contributed by atoms with Gasteiger partial charge in [0.1, 0.15) is 0 Å². The molecule has 0 fully saturated rings. The average Bonchev–Trinajstić information content (AvgIpc) is 3.87. The molecule has 268 valence electrons. The van der Waals surface area contributed by atoms with Gasteiger partial charge in [0, 0.05) is 10.8 Å². The van der Waals surface area contributed by atoms with Crippen LogP contribution >= 0.6 is 0 Å². The largest absolute Gasteiger partial charge is 1.00 e. The Morgan fingerprint density at radius 3 is 1.37 bits per heavy atom. The van der Waals surface area contributed by atoms with Crippen LogP contribution in [0.1, 0.15) is 78.6 Å². The molecule has 0 amide bonds. The first-order chi connectivity index (χ1) is 23.4. The van der Waals surface area contributed by atoms with Crippen molar-refractivity contribution >= 4 is 36.9 Å². The van der Waals surface area contributed by atoms with Crippen LogP contribution in [-0.2, 0) is 47.4 Å². The summed E-state index contributed by atoms with van der Waals surface area (Å²) in [5.41, 5.74) is 5.58. The number of halogens is 8. The molecule has 0 radical (unpaired) electrons. The van der Waals surface area contributed by atoms with Crippen molar-refractivity contribution in [2.75, 3.05) is 0 Å². The van der Waals surface area contributed by atoms with Crippen LogP contribution < -0.4 is 24.8 Å². The molecule has 0 saturated heterocycles. The fraction of sp³-hybridized carbons (Fsp3) is 0.209. The van der Waals surface area contributed by atoms with E-state index in [1.54, 1.807) is 0 Å². The first-order valence-corrected chi connectivity index (χ1v) is 17.4. The fourth-order valence-electron chi connectivity index (χ4n) is 6.47. The van der Waals surface area contributed by atoms with Crippen molar-refractivity contribution < 1.29 is 75.4 Å². The van der Waals surface area contributed by atoms with Gasteiger partial charge in [-0.25, -0.2) is 12.2 Å². The number of fused-ring (bicyclic) bond motifs is 5. The molecule has 5 aromatic carbocycles. The third-order valence-electron chi connectivity index (χ3n) is 9.38. The van der Waals surface area contributed by atoms with Gasteiger partial charge in [0.25, 0.3) is 0 Å². The maximum atomic E-state index is 12.5. The predicted octanol–water partition coefficient (Wildman–Crippen LogP) is 6.47. The minimum absolute atomic E-state index is 0. The average molecular weight is 827 g/mol. The van der Waals surface area contributed by atoms with E-state index in [1.807, 2.05) is 12.2 Å². The Morgan fingerprint density at radius 1 is 0.654 bits per heavy atom. The standard InChI is InChI=1S/C23H21.C15H8F6.C5H5.2ClH.Zr/c1-22(2)7-5-14-10-18-16(12-20(14)22)9-17-13-21-15(11-19(17)18)6-8-23(21,3)4;16-14(17,18)12-5-1-10(2-6-12)9-11-3-7-13(8-4-11)15(19,20)21;1-2-4-5-3-1;;;/h5-13H,1-4H3;1-8H;1-3H,4H2;2*1H;/q-1;;-1;;;+2/p-2. The number of alkyl halides is 6. The summed E-state index contributed by atoms with van der Waals surface area (Å²) in [5.74, 6) is 0. The van der Waals surface area contributed by atoms with Crippen LogP contribution in [0.25, 0.3) is 33.7 Å². The monoisotopic (exact) mass is 824 g/mol.